The Kier molecular flexibility index (Phi) is 5.80. The molecule has 0 aliphatic carbocycles. The Labute approximate surface area is 141 Å². The van der Waals surface area contributed by atoms with Gasteiger partial charge in [0.2, 0.25) is 0 Å². The Morgan fingerprint density at radius 1 is 1.32 bits per heavy atom. The van der Waals surface area contributed by atoms with Gasteiger partial charge in [0, 0.05) is 16.1 Å². The number of hydrogen-bond acceptors (Lipinski definition) is 3. The van der Waals surface area contributed by atoms with Crippen molar-refractivity contribution in [3.8, 4) is 5.75 Å². The Morgan fingerprint density at radius 3 is 2.77 bits per heavy atom. The maximum absolute atomic E-state index is 14.1. The van der Waals surface area contributed by atoms with Gasteiger partial charge >= 0.3 is 0 Å². The molecule has 0 atom stereocenters. The summed E-state index contributed by atoms with van der Waals surface area (Å²) in [5.74, 6) is 0.400. The zero-order chi connectivity index (χ0) is 16.1. The highest BCUT2D eigenvalue weighted by molar-refractivity contribution is 7.80. The Bertz CT molecular complexity index is 688. The normalized spacial score (nSPS) is 10.4. The number of anilines is 1. The van der Waals surface area contributed by atoms with Crippen LogP contribution < -0.4 is 10.1 Å². The van der Waals surface area contributed by atoms with Crippen molar-refractivity contribution in [2.45, 2.75) is 31.8 Å². The van der Waals surface area contributed by atoms with Gasteiger partial charge in [0.25, 0.3) is 0 Å². The summed E-state index contributed by atoms with van der Waals surface area (Å²) in [6.07, 6.45) is 0.703. The van der Waals surface area contributed by atoms with Gasteiger partial charge in [-0.05, 0) is 49.2 Å². The van der Waals surface area contributed by atoms with Crippen LogP contribution in [0.1, 0.15) is 24.5 Å². The lowest BCUT2D eigenvalue weighted by Gasteiger charge is -2.15. The summed E-state index contributed by atoms with van der Waals surface area (Å²) in [6, 6.07) is 10.5. The molecule has 2 nitrogen and oxygen atoms in total. The van der Waals surface area contributed by atoms with E-state index in [1.54, 1.807) is 12.1 Å². The fourth-order valence-electron chi connectivity index (χ4n) is 2.01. The van der Waals surface area contributed by atoms with Crippen LogP contribution in [-0.4, -0.2) is 4.99 Å². The van der Waals surface area contributed by atoms with Crippen LogP contribution in [0, 0.1) is 12.7 Å². The average Bonchev–Trinajstić information content (AvgIpc) is 2.48. The maximum atomic E-state index is 14.1. The number of rotatable bonds is 5. The lowest BCUT2D eigenvalue weighted by molar-refractivity contribution is 0.298. The third-order valence-corrected chi connectivity index (χ3v) is 3.91. The highest BCUT2D eigenvalue weighted by Gasteiger charge is 2.11. The van der Waals surface area contributed by atoms with Crippen LogP contribution in [0.3, 0.4) is 0 Å². The van der Waals surface area contributed by atoms with Crippen molar-refractivity contribution in [3.05, 3.63) is 53.3 Å². The predicted octanol–water partition coefficient (Wildman–Crippen LogP) is 5.15. The summed E-state index contributed by atoms with van der Waals surface area (Å²) in [6.45, 7) is 4.02. The van der Waals surface area contributed by atoms with Crippen LogP contribution in [0.15, 0.2) is 41.3 Å². The van der Waals surface area contributed by atoms with Crippen LogP contribution in [0.2, 0.25) is 0 Å². The molecule has 0 bridgehead atoms. The average molecular weight is 335 g/mol. The van der Waals surface area contributed by atoms with Crippen molar-refractivity contribution in [1.82, 2.24) is 0 Å². The largest absolute Gasteiger partial charge is 0.488 e. The van der Waals surface area contributed by atoms with Crippen molar-refractivity contribution in [2.75, 3.05) is 5.32 Å². The SMILES string of the molecule is CCC(=S)Nc1cccc(F)c1COc1ccc(S)cc1C. The van der Waals surface area contributed by atoms with Crippen molar-refractivity contribution in [1.29, 1.82) is 0 Å². The van der Waals surface area contributed by atoms with E-state index in [0.717, 1.165) is 10.5 Å². The molecule has 0 radical (unpaired) electrons. The summed E-state index contributed by atoms with van der Waals surface area (Å²) >= 11 is 9.45. The second kappa shape index (κ2) is 7.61. The molecule has 22 heavy (non-hydrogen) atoms. The fourth-order valence-corrected chi connectivity index (χ4v) is 2.38. The third kappa shape index (κ3) is 4.21. The standard InChI is InChI=1S/C17H18FNOS2/c1-3-17(22)19-15-6-4-5-14(18)13(15)10-20-16-8-7-12(21)9-11(16)2/h4-9,21H,3,10H2,1-2H3,(H,19,22). The first-order valence-corrected chi connectivity index (χ1v) is 7.86. The molecular formula is C17H18FNOS2. The van der Waals surface area contributed by atoms with Gasteiger partial charge in [-0.2, -0.15) is 0 Å². The molecule has 2 rings (SSSR count). The quantitative estimate of drug-likeness (QED) is 0.583. The lowest BCUT2D eigenvalue weighted by atomic mass is 10.1. The summed E-state index contributed by atoms with van der Waals surface area (Å²) < 4.78 is 19.9. The number of halogens is 1. The van der Waals surface area contributed by atoms with Gasteiger partial charge < -0.3 is 10.1 Å². The number of aryl methyl sites for hydroxylation is 1. The lowest BCUT2D eigenvalue weighted by Crippen LogP contribution is -2.11. The number of ether oxygens (including phenoxy) is 1. The van der Waals surface area contributed by atoms with Crippen LogP contribution in [0.25, 0.3) is 0 Å². The minimum Gasteiger partial charge on any atom is -0.488 e. The molecule has 5 heteroatoms. The Morgan fingerprint density at radius 2 is 2.09 bits per heavy atom. The van der Waals surface area contributed by atoms with Crippen molar-refractivity contribution in [3.63, 3.8) is 0 Å². The van der Waals surface area contributed by atoms with E-state index >= 15 is 0 Å². The van der Waals surface area contributed by atoms with E-state index in [2.05, 4.69) is 17.9 Å². The number of thiocarbonyl (C=S) groups is 1. The molecule has 0 fully saturated rings. The molecule has 0 saturated heterocycles. The summed E-state index contributed by atoms with van der Waals surface area (Å²) in [4.78, 5) is 1.54. The second-order valence-electron chi connectivity index (χ2n) is 4.91. The van der Waals surface area contributed by atoms with Crippen molar-refractivity contribution >= 4 is 35.5 Å². The van der Waals surface area contributed by atoms with E-state index in [9.17, 15) is 4.39 Å². The summed E-state index contributed by atoms with van der Waals surface area (Å²) in [5.41, 5.74) is 2.07. The number of thiol groups is 1. The molecule has 1 N–H and O–H groups in total. The van der Waals surface area contributed by atoms with E-state index in [1.165, 1.54) is 6.07 Å². The molecule has 0 aromatic heterocycles. The molecule has 116 valence electrons. The minimum absolute atomic E-state index is 0.133. The molecule has 2 aromatic carbocycles. The van der Waals surface area contributed by atoms with E-state index in [0.29, 0.717) is 28.4 Å². The Hall–Kier alpha value is -1.59. The van der Waals surface area contributed by atoms with Crippen molar-refractivity contribution < 1.29 is 9.13 Å². The number of hydrogen-bond donors (Lipinski definition) is 2. The van der Waals surface area contributed by atoms with E-state index < -0.39 is 0 Å². The van der Waals surface area contributed by atoms with Gasteiger partial charge in [-0.3, -0.25) is 0 Å². The molecule has 0 aliphatic rings. The van der Waals surface area contributed by atoms with Gasteiger partial charge in [0.05, 0.1) is 4.99 Å². The van der Waals surface area contributed by atoms with Gasteiger partial charge in [0.15, 0.2) is 0 Å². The molecule has 0 heterocycles. The molecule has 0 amide bonds. The summed E-state index contributed by atoms with van der Waals surface area (Å²) in [7, 11) is 0. The molecular weight excluding hydrogens is 317 g/mol. The smallest absolute Gasteiger partial charge is 0.131 e. The van der Waals surface area contributed by atoms with Gasteiger partial charge in [-0.15, -0.1) is 12.6 Å². The molecule has 0 spiro atoms. The van der Waals surface area contributed by atoms with Gasteiger partial charge in [0.1, 0.15) is 18.2 Å². The Balaban J connectivity index is 2.19. The monoisotopic (exact) mass is 335 g/mol. The van der Waals surface area contributed by atoms with Crippen LogP contribution in [-0.2, 0) is 6.61 Å². The first-order valence-electron chi connectivity index (χ1n) is 7.01. The van der Waals surface area contributed by atoms with E-state index in [-0.39, 0.29) is 12.4 Å². The number of nitrogens with one attached hydrogen (secondary N) is 1. The maximum Gasteiger partial charge on any atom is 0.131 e. The molecule has 0 aliphatic heterocycles. The topological polar surface area (TPSA) is 21.3 Å². The zero-order valence-corrected chi connectivity index (χ0v) is 14.2. The van der Waals surface area contributed by atoms with Gasteiger partial charge in [-0.1, -0.05) is 25.2 Å². The zero-order valence-electron chi connectivity index (χ0n) is 12.5. The van der Waals surface area contributed by atoms with Crippen LogP contribution in [0.5, 0.6) is 5.75 Å². The predicted molar refractivity (Wildman–Crippen MR) is 95.7 cm³/mol. The van der Waals surface area contributed by atoms with Crippen LogP contribution in [0.4, 0.5) is 10.1 Å². The highest BCUT2D eigenvalue weighted by Crippen LogP contribution is 2.25. The summed E-state index contributed by atoms with van der Waals surface area (Å²) in [5, 5.41) is 3.06. The molecule has 0 unspecified atom stereocenters. The molecule has 2 aromatic rings. The second-order valence-corrected chi connectivity index (χ2v) is 5.92. The first-order chi connectivity index (χ1) is 10.5. The first kappa shape index (κ1) is 16.8. The number of benzene rings is 2. The van der Waals surface area contributed by atoms with E-state index in [4.69, 9.17) is 17.0 Å². The van der Waals surface area contributed by atoms with E-state index in [1.807, 2.05) is 32.0 Å². The third-order valence-electron chi connectivity index (χ3n) is 3.24. The minimum atomic E-state index is -0.313. The van der Waals surface area contributed by atoms with Crippen LogP contribution >= 0.6 is 24.8 Å². The van der Waals surface area contributed by atoms with Crippen molar-refractivity contribution in [2.24, 2.45) is 0 Å². The molecule has 0 saturated carbocycles. The highest BCUT2D eigenvalue weighted by atomic mass is 32.1. The van der Waals surface area contributed by atoms with Gasteiger partial charge in [-0.25, -0.2) is 4.39 Å². The fraction of sp³-hybridized carbons (Fsp3) is 0.235.